The Morgan fingerprint density at radius 3 is 2.57 bits per heavy atom. The Kier molecular flexibility index (Phi) is 5.94. The predicted molar refractivity (Wildman–Crippen MR) is 119 cm³/mol. The predicted octanol–water partition coefficient (Wildman–Crippen LogP) is 3.32. The van der Waals surface area contributed by atoms with Gasteiger partial charge in [-0.2, -0.15) is 0 Å². The Morgan fingerprint density at radius 1 is 1.17 bits per heavy atom. The van der Waals surface area contributed by atoms with Crippen LogP contribution in [-0.2, 0) is 6.54 Å². The highest BCUT2D eigenvalue weighted by atomic mass is 35.5. The molecular weight excluding hydrogens is 425 g/mol. The number of carbonyl (C=O) groups excluding carboxylic acids is 1. The third-order valence-corrected chi connectivity index (χ3v) is 5.54. The van der Waals surface area contributed by atoms with Crippen molar-refractivity contribution in [2.24, 2.45) is 0 Å². The zero-order chi connectivity index (χ0) is 21.3. The molecule has 7 nitrogen and oxygen atoms in total. The number of piperazine rings is 1. The van der Waals surface area contributed by atoms with Gasteiger partial charge < -0.3 is 20.2 Å². The minimum absolute atomic E-state index is 0.0525. The van der Waals surface area contributed by atoms with E-state index in [1.54, 1.807) is 30.5 Å². The Labute approximate surface area is 184 Å². The fourth-order valence-electron chi connectivity index (χ4n) is 3.50. The fraction of sp³-hybridized carbons (Fsp3) is 0.286. The molecule has 4 rings (SSSR count). The maximum Gasteiger partial charge on any atom is 0.274 e. The number of aromatic nitrogens is 2. The summed E-state index contributed by atoms with van der Waals surface area (Å²) in [6, 6.07) is 8.72. The van der Waals surface area contributed by atoms with Gasteiger partial charge in [0.1, 0.15) is 11.3 Å². The van der Waals surface area contributed by atoms with Crippen molar-refractivity contribution in [3.63, 3.8) is 0 Å². The highest BCUT2D eigenvalue weighted by molar-refractivity contribution is 6.34. The summed E-state index contributed by atoms with van der Waals surface area (Å²) in [6.07, 6.45) is 1.59. The first kappa shape index (κ1) is 20.7. The van der Waals surface area contributed by atoms with E-state index in [0.29, 0.717) is 21.4 Å². The molecule has 1 fully saturated rings. The number of likely N-dealkylation sites (N-methyl/N-ethyl adjacent to an activating group) is 1. The molecular formula is C21H21Cl2N5O2. The van der Waals surface area contributed by atoms with Crippen LogP contribution in [0.4, 0.5) is 5.82 Å². The van der Waals surface area contributed by atoms with Crippen molar-refractivity contribution < 1.29 is 9.90 Å². The van der Waals surface area contributed by atoms with Crippen molar-refractivity contribution in [1.82, 2.24) is 20.2 Å². The third kappa shape index (κ3) is 4.28. The molecule has 0 radical (unpaired) electrons. The van der Waals surface area contributed by atoms with E-state index in [9.17, 15) is 9.90 Å². The van der Waals surface area contributed by atoms with Crippen LogP contribution in [0.25, 0.3) is 10.9 Å². The molecule has 1 saturated heterocycles. The summed E-state index contributed by atoms with van der Waals surface area (Å²) in [5, 5.41) is 15.2. The molecule has 3 heterocycles. The molecule has 1 amide bonds. The monoisotopic (exact) mass is 445 g/mol. The molecule has 0 unspecified atom stereocenters. The average molecular weight is 446 g/mol. The average Bonchev–Trinajstić information content (AvgIpc) is 2.73. The van der Waals surface area contributed by atoms with Gasteiger partial charge in [-0.1, -0.05) is 23.2 Å². The molecule has 0 atom stereocenters. The molecule has 0 spiro atoms. The van der Waals surface area contributed by atoms with Crippen LogP contribution in [0.3, 0.4) is 0 Å². The van der Waals surface area contributed by atoms with Gasteiger partial charge in [0.2, 0.25) is 0 Å². The van der Waals surface area contributed by atoms with Crippen molar-refractivity contribution in [3.8, 4) is 5.75 Å². The Balaban J connectivity index is 1.66. The number of halogens is 2. The largest absolute Gasteiger partial charge is 0.504 e. The van der Waals surface area contributed by atoms with E-state index in [1.165, 1.54) is 0 Å². The second kappa shape index (κ2) is 8.63. The quantitative estimate of drug-likeness (QED) is 0.640. The van der Waals surface area contributed by atoms with Gasteiger partial charge in [-0.25, -0.2) is 4.98 Å². The zero-order valence-electron chi connectivity index (χ0n) is 16.4. The topological polar surface area (TPSA) is 81.6 Å². The normalized spacial score (nSPS) is 14.8. The molecule has 2 N–H and O–H groups in total. The van der Waals surface area contributed by atoms with Crippen molar-refractivity contribution in [1.29, 1.82) is 0 Å². The molecule has 30 heavy (non-hydrogen) atoms. The van der Waals surface area contributed by atoms with Gasteiger partial charge in [0, 0.05) is 54.4 Å². The third-order valence-electron chi connectivity index (χ3n) is 5.11. The highest BCUT2D eigenvalue weighted by Crippen LogP contribution is 2.33. The molecule has 1 aliphatic heterocycles. The van der Waals surface area contributed by atoms with Gasteiger partial charge in [-0.15, -0.1) is 0 Å². The van der Waals surface area contributed by atoms with E-state index < -0.39 is 5.91 Å². The van der Waals surface area contributed by atoms with Crippen LogP contribution in [0.1, 0.15) is 16.1 Å². The molecule has 156 valence electrons. The number of rotatable bonds is 4. The van der Waals surface area contributed by atoms with E-state index in [1.807, 2.05) is 6.07 Å². The van der Waals surface area contributed by atoms with Gasteiger partial charge >= 0.3 is 0 Å². The number of nitrogens with one attached hydrogen (secondary N) is 1. The molecule has 3 aromatic rings. The van der Waals surface area contributed by atoms with E-state index in [2.05, 4.69) is 32.1 Å². The number of anilines is 1. The maximum absolute atomic E-state index is 12.9. The summed E-state index contributed by atoms with van der Waals surface area (Å²) in [4.78, 5) is 26.1. The first-order chi connectivity index (χ1) is 14.4. The number of aromatic hydroxyl groups is 1. The Hall–Kier alpha value is -2.61. The first-order valence-electron chi connectivity index (χ1n) is 9.56. The summed E-state index contributed by atoms with van der Waals surface area (Å²) in [5.74, 6) is -0.0726. The van der Waals surface area contributed by atoms with Crippen molar-refractivity contribution in [2.75, 3.05) is 38.1 Å². The van der Waals surface area contributed by atoms with Gasteiger partial charge in [-0.3, -0.25) is 9.78 Å². The summed E-state index contributed by atoms with van der Waals surface area (Å²) < 4.78 is 0. The van der Waals surface area contributed by atoms with Crippen LogP contribution in [0.15, 0.2) is 36.5 Å². The van der Waals surface area contributed by atoms with Gasteiger partial charge in [-0.05, 0) is 42.9 Å². The molecule has 0 aliphatic carbocycles. The second-order valence-corrected chi connectivity index (χ2v) is 8.16. The number of benzene rings is 1. The first-order valence-corrected chi connectivity index (χ1v) is 10.3. The summed E-state index contributed by atoms with van der Waals surface area (Å²) in [6.45, 7) is 3.54. The van der Waals surface area contributed by atoms with Crippen molar-refractivity contribution >= 4 is 45.8 Å². The van der Waals surface area contributed by atoms with Crippen LogP contribution < -0.4 is 10.2 Å². The van der Waals surface area contributed by atoms with Gasteiger partial charge in [0.15, 0.2) is 11.4 Å². The van der Waals surface area contributed by atoms with E-state index in [4.69, 9.17) is 23.2 Å². The van der Waals surface area contributed by atoms with E-state index in [-0.39, 0.29) is 18.0 Å². The van der Waals surface area contributed by atoms with Crippen LogP contribution >= 0.6 is 23.2 Å². The van der Waals surface area contributed by atoms with Crippen LogP contribution in [0.5, 0.6) is 5.75 Å². The lowest BCUT2D eigenvalue weighted by atomic mass is 10.1. The number of carbonyl (C=O) groups is 1. The fourth-order valence-corrected chi connectivity index (χ4v) is 4.07. The number of hydrogen-bond donors (Lipinski definition) is 2. The van der Waals surface area contributed by atoms with Gasteiger partial charge in [0.05, 0.1) is 0 Å². The molecule has 0 bridgehead atoms. The van der Waals surface area contributed by atoms with Crippen molar-refractivity contribution in [2.45, 2.75) is 6.54 Å². The second-order valence-electron chi connectivity index (χ2n) is 7.28. The van der Waals surface area contributed by atoms with Crippen LogP contribution in [0.2, 0.25) is 10.0 Å². The van der Waals surface area contributed by atoms with Gasteiger partial charge in [0.25, 0.3) is 5.91 Å². The summed E-state index contributed by atoms with van der Waals surface area (Å²) in [7, 11) is 2.07. The summed E-state index contributed by atoms with van der Waals surface area (Å²) in [5.41, 5.74) is 1.05. The summed E-state index contributed by atoms with van der Waals surface area (Å²) >= 11 is 12.0. The zero-order valence-corrected chi connectivity index (χ0v) is 17.9. The smallest absolute Gasteiger partial charge is 0.274 e. The molecule has 2 aromatic heterocycles. The number of hydrogen-bond acceptors (Lipinski definition) is 6. The van der Waals surface area contributed by atoms with Crippen LogP contribution in [0, 0.1) is 0 Å². The molecule has 9 heteroatoms. The molecule has 1 aromatic carbocycles. The van der Waals surface area contributed by atoms with Crippen molar-refractivity contribution in [3.05, 3.63) is 57.8 Å². The maximum atomic E-state index is 12.9. The number of pyridine rings is 2. The number of amides is 1. The minimum Gasteiger partial charge on any atom is -0.504 e. The highest BCUT2D eigenvalue weighted by Gasteiger charge is 2.24. The van der Waals surface area contributed by atoms with Crippen LogP contribution in [-0.4, -0.2) is 59.1 Å². The molecule has 0 saturated carbocycles. The lowest BCUT2D eigenvalue weighted by molar-refractivity contribution is 0.0943. The lowest BCUT2D eigenvalue weighted by Gasteiger charge is -2.34. The Morgan fingerprint density at radius 2 is 1.87 bits per heavy atom. The minimum atomic E-state index is -0.494. The SMILES string of the molecule is CN1CCN(c2nc(C(=O)NCc3cc(Cl)cc(Cl)c3)c(O)c3ncccc23)CC1. The molecule has 1 aliphatic rings. The van der Waals surface area contributed by atoms with E-state index in [0.717, 1.165) is 37.1 Å². The van der Waals surface area contributed by atoms with E-state index >= 15 is 0 Å². The Bertz CT molecular complexity index is 1080. The lowest BCUT2D eigenvalue weighted by Crippen LogP contribution is -2.45. The number of fused-ring (bicyclic) bond motifs is 1. The standard InChI is InChI=1S/C21H21Cl2N5O2/c1-27-5-7-28(8-6-27)20-16-3-2-4-24-17(16)19(29)18(26-20)21(30)25-12-13-9-14(22)11-15(23)10-13/h2-4,9-11,29H,5-8,12H2,1H3,(H,25,30). The number of nitrogens with zero attached hydrogens (tertiary/aromatic N) is 4.